The molecule has 0 aromatic carbocycles. The smallest absolute Gasteiger partial charge is 0.322 e. The zero-order valence-corrected chi connectivity index (χ0v) is 10.3. The molecule has 0 aliphatic rings. The lowest BCUT2D eigenvalue weighted by Gasteiger charge is -2.10. The first-order chi connectivity index (χ1) is 7.58. The van der Waals surface area contributed by atoms with Crippen molar-refractivity contribution in [3.8, 4) is 0 Å². The van der Waals surface area contributed by atoms with Gasteiger partial charge < -0.3 is 10.1 Å². The van der Waals surface area contributed by atoms with Gasteiger partial charge in [0.25, 0.3) is 0 Å². The van der Waals surface area contributed by atoms with Gasteiger partial charge in [0.15, 0.2) is 0 Å². The molecule has 1 atom stereocenters. The Bertz CT molecular complexity index is 360. The normalized spacial score (nSPS) is 12.5. The topological polar surface area (TPSA) is 56.2 Å². The van der Waals surface area contributed by atoms with Crippen LogP contribution in [0.15, 0.2) is 6.20 Å². The summed E-state index contributed by atoms with van der Waals surface area (Å²) in [6, 6.07) is -0.296. The Labute approximate surface area is 95.8 Å². The maximum absolute atomic E-state index is 11.2. The second-order valence-corrected chi connectivity index (χ2v) is 3.75. The van der Waals surface area contributed by atoms with Crippen LogP contribution in [0.2, 0.25) is 0 Å². The fourth-order valence-corrected chi connectivity index (χ4v) is 1.55. The molecule has 1 rings (SSSR count). The predicted octanol–water partition coefficient (Wildman–Crippen LogP) is 0.634. The zero-order chi connectivity index (χ0) is 12.1. The van der Waals surface area contributed by atoms with Crippen LogP contribution < -0.4 is 5.32 Å². The first-order valence-electron chi connectivity index (χ1n) is 5.41. The van der Waals surface area contributed by atoms with Crippen molar-refractivity contribution in [2.45, 2.75) is 32.9 Å². The minimum Gasteiger partial charge on any atom is -0.468 e. The highest BCUT2D eigenvalue weighted by molar-refractivity contribution is 5.75. The van der Waals surface area contributed by atoms with Crippen LogP contribution in [0.25, 0.3) is 0 Å². The van der Waals surface area contributed by atoms with Crippen molar-refractivity contribution in [2.24, 2.45) is 7.05 Å². The summed E-state index contributed by atoms with van der Waals surface area (Å²) in [5.74, 6) is -0.248. The molecule has 1 aromatic rings. The predicted molar refractivity (Wildman–Crippen MR) is 60.9 cm³/mol. The first kappa shape index (κ1) is 12.7. The van der Waals surface area contributed by atoms with Crippen LogP contribution in [0.3, 0.4) is 0 Å². The Hall–Kier alpha value is -1.36. The summed E-state index contributed by atoms with van der Waals surface area (Å²) in [5.41, 5.74) is 2.19. The summed E-state index contributed by atoms with van der Waals surface area (Å²) in [4.78, 5) is 11.2. The van der Waals surface area contributed by atoms with E-state index < -0.39 is 0 Å². The van der Waals surface area contributed by atoms with Crippen LogP contribution in [0.1, 0.15) is 25.1 Å². The molecule has 0 saturated heterocycles. The minimum absolute atomic E-state index is 0.248. The third-order valence-electron chi connectivity index (χ3n) is 2.48. The lowest BCUT2D eigenvalue weighted by molar-refractivity contribution is -0.142. The van der Waals surface area contributed by atoms with Gasteiger partial charge in [-0.1, -0.05) is 6.92 Å². The SMILES string of the molecule is CCc1nn(C)cc1CN[C@@H](C)C(=O)OC. The Morgan fingerprint density at radius 3 is 2.94 bits per heavy atom. The average molecular weight is 225 g/mol. The molecule has 0 aliphatic carbocycles. The highest BCUT2D eigenvalue weighted by Crippen LogP contribution is 2.07. The molecule has 5 heteroatoms. The number of hydrogen-bond donors (Lipinski definition) is 1. The van der Waals surface area contributed by atoms with E-state index in [1.165, 1.54) is 7.11 Å². The van der Waals surface area contributed by atoms with Gasteiger partial charge in [0, 0.05) is 25.4 Å². The lowest BCUT2D eigenvalue weighted by Crippen LogP contribution is -2.34. The van der Waals surface area contributed by atoms with Crippen LogP contribution in [0, 0.1) is 0 Å². The molecule has 1 aromatic heterocycles. The van der Waals surface area contributed by atoms with Crippen LogP contribution >= 0.6 is 0 Å². The zero-order valence-electron chi connectivity index (χ0n) is 10.3. The van der Waals surface area contributed by atoms with Gasteiger partial charge in [-0.3, -0.25) is 9.48 Å². The monoisotopic (exact) mass is 225 g/mol. The maximum Gasteiger partial charge on any atom is 0.322 e. The highest BCUT2D eigenvalue weighted by atomic mass is 16.5. The van der Waals surface area contributed by atoms with Gasteiger partial charge >= 0.3 is 5.97 Å². The van der Waals surface area contributed by atoms with E-state index in [0.29, 0.717) is 6.54 Å². The number of esters is 1. The van der Waals surface area contributed by atoms with Crippen LogP contribution in [0.5, 0.6) is 0 Å². The molecule has 0 radical (unpaired) electrons. The standard InChI is InChI=1S/C11H19N3O2/c1-5-10-9(7-14(3)13-10)6-12-8(2)11(15)16-4/h7-8,12H,5-6H2,1-4H3/t8-/m0/s1. The molecule has 16 heavy (non-hydrogen) atoms. The number of nitrogens with zero attached hydrogens (tertiary/aromatic N) is 2. The fourth-order valence-electron chi connectivity index (χ4n) is 1.55. The molecule has 0 spiro atoms. The van der Waals surface area contributed by atoms with Crippen molar-refractivity contribution in [3.05, 3.63) is 17.5 Å². The molecule has 5 nitrogen and oxygen atoms in total. The van der Waals surface area contributed by atoms with Crippen molar-refractivity contribution in [1.29, 1.82) is 0 Å². The first-order valence-corrected chi connectivity index (χ1v) is 5.41. The lowest BCUT2D eigenvalue weighted by atomic mass is 10.2. The second-order valence-electron chi connectivity index (χ2n) is 3.75. The Morgan fingerprint density at radius 1 is 1.69 bits per heavy atom. The van der Waals surface area contributed by atoms with Crippen molar-refractivity contribution in [1.82, 2.24) is 15.1 Å². The molecule has 0 unspecified atom stereocenters. The molecular formula is C11H19N3O2. The van der Waals surface area contributed by atoms with E-state index in [0.717, 1.165) is 17.7 Å². The van der Waals surface area contributed by atoms with Gasteiger partial charge in [-0.25, -0.2) is 0 Å². The number of carbonyl (C=O) groups is 1. The summed E-state index contributed by atoms with van der Waals surface area (Å²) in [7, 11) is 3.29. The maximum atomic E-state index is 11.2. The molecule has 0 saturated carbocycles. The Kier molecular flexibility index (Phi) is 4.49. The van der Waals surface area contributed by atoms with Crippen LogP contribution in [-0.2, 0) is 29.5 Å². The Balaban J connectivity index is 2.57. The summed E-state index contributed by atoms with van der Waals surface area (Å²) in [5, 5.41) is 7.44. The van der Waals surface area contributed by atoms with Crippen molar-refractivity contribution in [3.63, 3.8) is 0 Å². The van der Waals surface area contributed by atoms with Gasteiger partial charge in [0.1, 0.15) is 6.04 Å². The molecule has 0 bridgehead atoms. The third-order valence-corrected chi connectivity index (χ3v) is 2.48. The second kappa shape index (κ2) is 5.65. The quantitative estimate of drug-likeness (QED) is 0.747. The Morgan fingerprint density at radius 2 is 2.38 bits per heavy atom. The van der Waals surface area contributed by atoms with E-state index in [1.807, 2.05) is 13.2 Å². The van der Waals surface area contributed by atoms with Crippen molar-refractivity contribution >= 4 is 5.97 Å². The van der Waals surface area contributed by atoms with Crippen LogP contribution in [0.4, 0.5) is 0 Å². The van der Waals surface area contributed by atoms with E-state index in [9.17, 15) is 4.79 Å². The fraction of sp³-hybridized carbons (Fsp3) is 0.636. The van der Waals surface area contributed by atoms with Gasteiger partial charge in [-0.15, -0.1) is 0 Å². The highest BCUT2D eigenvalue weighted by Gasteiger charge is 2.13. The molecule has 1 N–H and O–H groups in total. The number of hydrogen-bond acceptors (Lipinski definition) is 4. The molecule has 0 aliphatic heterocycles. The van der Waals surface area contributed by atoms with Crippen molar-refractivity contribution in [2.75, 3.05) is 7.11 Å². The summed E-state index contributed by atoms with van der Waals surface area (Å²) >= 11 is 0. The van der Waals surface area contributed by atoms with E-state index >= 15 is 0 Å². The van der Waals surface area contributed by atoms with Gasteiger partial charge in [-0.2, -0.15) is 5.10 Å². The number of aryl methyl sites for hydroxylation is 2. The summed E-state index contributed by atoms with van der Waals surface area (Å²) in [6.45, 7) is 4.48. The van der Waals surface area contributed by atoms with E-state index in [-0.39, 0.29) is 12.0 Å². The third kappa shape index (κ3) is 3.06. The molecular weight excluding hydrogens is 206 g/mol. The van der Waals surface area contributed by atoms with Crippen LogP contribution in [-0.4, -0.2) is 28.9 Å². The summed E-state index contributed by atoms with van der Waals surface area (Å²) in [6.07, 6.45) is 2.86. The largest absolute Gasteiger partial charge is 0.468 e. The van der Waals surface area contributed by atoms with Crippen molar-refractivity contribution < 1.29 is 9.53 Å². The van der Waals surface area contributed by atoms with Gasteiger partial charge in [0.05, 0.1) is 12.8 Å². The molecule has 90 valence electrons. The number of carbonyl (C=O) groups excluding carboxylic acids is 1. The number of rotatable bonds is 5. The van der Waals surface area contributed by atoms with Gasteiger partial charge in [0.2, 0.25) is 0 Å². The van der Waals surface area contributed by atoms with E-state index in [4.69, 9.17) is 0 Å². The average Bonchev–Trinajstić information content (AvgIpc) is 2.65. The number of ether oxygens (including phenoxy) is 1. The number of nitrogens with one attached hydrogen (secondary N) is 1. The molecule has 0 fully saturated rings. The summed E-state index contributed by atoms with van der Waals surface area (Å²) < 4.78 is 6.43. The number of aromatic nitrogens is 2. The van der Waals surface area contributed by atoms with Gasteiger partial charge in [-0.05, 0) is 13.3 Å². The number of methoxy groups -OCH3 is 1. The molecule has 0 amide bonds. The van der Waals surface area contributed by atoms with E-state index in [1.54, 1.807) is 11.6 Å². The van der Waals surface area contributed by atoms with E-state index in [2.05, 4.69) is 22.1 Å². The molecule has 1 heterocycles. The minimum atomic E-state index is -0.296.